The Morgan fingerprint density at radius 2 is 2.50 bits per heavy atom. The minimum Gasteiger partial charge on any atom is -0.347 e. The first-order valence-corrected chi connectivity index (χ1v) is 3.37. The molecule has 0 aliphatic heterocycles. The number of rotatable bonds is 4. The van der Waals surface area contributed by atoms with Crippen molar-refractivity contribution in [3.05, 3.63) is 18.2 Å². The number of aromatic nitrogens is 2. The van der Waals surface area contributed by atoms with Crippen molar-refractivity contribution in [3.63, 3.8) is 0 Å². The third-order valence-electron chi connectivity index (χ3n) is 1.11. The van der Waals surface area contributed by atoms with E-state index in [0.29, 0.717) is 0 Å². The monoisotopic (exact) mass is 140 g/mol. The van der Waals surface area contributed by atoms with Gasteiger partial charge in [0.15, 0.2) is 0 Å². The topological polar surface area (TPSA) is 52.7 Å². The molecular formula is C6H12N4. The quantitative estimate of drug-likeness (QED) is 0.408. The predicted molar refractivity (Wildman–Crippen MR) is 39.1 cm³/mol. The van der Waals surface area contributed by atoms with Crippen LogP contribution < -0.4 is 10.9 Å². The van der Waals surface area contributed by atoms with Crippen LogP contribution in [0.2, 0.25) is 0 Å². The van der Waals surface area contributed by atoms with E-state index in [4.69, 9.17) is 0 Å². The van der Waals surface area contributed by atoms with E-state index in [9.17, 15) is 0 Å². The molecule has 1 aromatic rings. The third-order valence-corrected chi connectivity index (χ3v) is 1.11. The Bertz CT molecular complexity index is 158. The Morgan fingerprint density at radius 1 is 1.60 bits per heavy atom. The first-order chi connectivity index (χ1) is 4.93. The van der Waals surface area contributed by atoms with Gasteiger partial charge in [-0.15, -0.1) is 0 Å². The maximum atomic E-state index is 4.03. The molecule has 1 rings (SSSR count). The van der Waals surface area contributed by atoms with Crippen LogP contribution in [0.3, 0.4) is 0 Å². The minimum atomic E-state index is 0.737. The first kappa shape index (κ1) is 7.24. The lowest BCUT2D eigenvalue weighted by Crippen LogP contribution is -2.30. The van der Waals surface area contributed by atoms with Gasteiger partial charge in [-0.05, 0) is 0 Å². The van der Waals surface area contributed by atoms with Gasteiger partial charge in [-0.1, -0.05) is 6.92 Å². The minimum absolute atomic E-state index is 0.737. The highest BCUT2D eigenvalue weighted by atomic mass is 15.3. The van der Waals surface area contributed by atoms with E-state index >= 15 is 0 Å². The largest absolute Gasteiger partial charge is 0.347 e. The van der Waals surface area contributed by atoms with Crippen molar-refractivity contribution in [3.8, 4) is 0 Å². The van der Waals surface area contributed by atoms with Gasteiger partial charge in [0.25, 0.3) is 0 Å². The average Bonchev–Trinajstić information content (AvgIpc) is 2.41. The van der Waals surface area contributed by atoms with Crippen molar-refractivity contribution < 1.29 is 0 Å². The number of H-pyrrole nitrogens is 1. The van der Waals surface area contributed by atoms with Crippen LogP contribution in [-0.4, -0.2) is 16.5 Å². The van der Waals surface area contributed by atoms with Crippen LogP contribution in [-0.2, 0) is 6.54 Å². The summed E-state index contributed by atoms with van der Waals surface area (Å²) in [6.07, 6.45) is 3.55. The molecular weight excluding hydrogens is 128 g/mol. The van der Waals surface area contributed by atoms with E-state index < -0.39 is 0 Å². The second kappa shape index (κ2) is 4.03. The third kappa shape index (κ3) is 2.16. The van der Waals surface area contributed by atoms with Crippen LogP contribution in [0, 0.1) is 0 Å². The molecule has 0 aliphatic rings. The maximum absolute atomic E-state index is 4.03. The molecule has 56 valence electrons. The van der Waals surface area contributed by atoms with E-state index in [2.05, 4.69) is 20.8 Å². The average molecular weight is 140 g/mol. The van der Waals surface area contributed by atoms with Crippen molar-refractivity contribution in [2.24, 2.45) is 0 Å². The van der Waals surface area contributed by atoms with E-state index in [1.54, 1.807) is 6.20 Å². The van der Waals surface area contributed by atoms with Gasteiger partial charge in [0.05, 0.1) is 6.54 Å². The van der Waals surface area contributed by atoms with Gasteiger partial charge in [-0.25, -0.2) is 4.98 Å². The molecule has 0 radical (unpaired) electrons. The Morgan fingerprint density at radius 3 is 3.10 bits per heavy atom. The van der Waals surface area contributed by atoms with E-state index in [1.165, 1.54) is 0 Å². The van der Waals surface area contributed by atoms with Crippen molar-refractivity contribution in [1.82, 2.24) is 20.8 Å². The summed E-state index contributed by atoms with van der Waals surface area (Å²) in [5.41, 5.74) is 5.97. The van der Waals surface area contributed by atoms with Crippen molar-refractivity contribution >= 4 is 0 Å². The Kier molecular flexibility index (Phi) is 2.92. The van der Waals surface area contributed by atoms with Gasteiger partial charge in [0.2, 0.25) is 0 Å². The molecule has 0 saturated heterocycles. The van der Waals surface area contributed by atoms with Crippen LogP contribution in [0.5, 0.6) is 0 Å². The molecule has 0 bridgehead atoms. The molecule has 0 fully saturated rings. The molecule has 1 aromatic heterocycles. The maximum Gasteiger partial charge on any atom is 0.121 e. The molecule has 4 nitrogen and oxygen atoms in total. The standard InChI is InChI=1S/C6H12N4/c1-2-9-10-5-6-7-3-4-8-6/h3-4,9-10H,2,5H2,1H3,(H,7,8). The summed E-state index contributed by atoms with van der Waals surface area (Å²) in [5.74, 6) is 0.945. The Balaban J connectivity index is 2.15. The van der Waals surface area contributed by atoms with E-state index in [1.807, 2.05) is 13.1 Å². The summed E-state index contributed by atoms with van der Waals surface area (Å²) < 4.78 is 0. The molecule has 0 aromatic carbocycles. The smallest absolute Gasteiger partial charge is 0.121 e. The molecule has 0 atom stereocenters. The fourth-order valence-corrected chi connectivity index (χ4v) is 0.666. The Hall–Kier alpha value is -0.870. The number of aromatic amines is 1. The van der Waals surface area contributed by atoms with Crippen LogP contribution in [0.1, 0.15) is 12.7 Å². The van der Waals surface area contributed by atoms with Crippen LogP contribution in [0.15, 0.2) is 12.4 Å². The summed E-state index contributed by atoms with van der Waals surface area (Å²) in [7, 11) is 0. The second-order valence-corrected chi connectivity index (χ2v) is 1.92. The lowest BCUT2D eigenvalue weighted by molar-refractivity contribution is 0.539. The van der Waals surface area contributed by atoms with E-state index in [0.717, 1.165) is 18.9 Å². The molecule has 3 N–H and O–H groups in total. The molecule has 0 saturated carbocycles. The normalized spacial score (nSPS) is 10.1. The van der Waals surface area contributed by atoms with Crippen LogP contribution in [0.4, 0.5) is 0 Å². The van der Waals surface area contributed by atoms with E-state index in [-0.39, 0.29) is 0 Å². The molecule has 0 aliphatic carbocycles. The zero-order valence-corrected chi connectivity index (χ0v) is 6.02. The number of hydrogen-bond acceptors (Lipinski definition) is 3. The highest BCUT2D eigenvalue weighted by Gasteiger charge is 1.89. The van der Waals surface area contributed by atoms with Crippen LogP contribution in [0.25, 0.3) is 0 Å². The van der Waals surface area contributed by atoms with Gasteiger partial charge < -0.3 is 4.98 Å². The first-order valence-electron chi connectivity index (χ1n) is 3.37. The molecule has 0 unspecified atom stereocenters. The highest BCUT2D eigenvalue weighted by Crippen LogP contribution is 1.83. The van der Waals surface area contributed by atoms with Crippen molar-refractivity contribution in [2.45, 2.75) is 13.5 Å². The Labute approximate surface area is 60.0 Å². The van der Waals surface area contributed by atoms with Crippen molar-refractivity contribution in [1.29, 1.82) is 0 Å². The summed E-state index contributed by atoms with van der Waals surface area (Å²) in [4.78, 5) is 7.01. The zero-order valence-electron chi connectivity index (χ0n) is 6.02. The summed E-state index contributed by atoms with van der Waals surface area (Å²) >= 11 is 0. The molecule has 0 spiro atoms. The van der Waals surface area contributed by atoms with Gasteiger partial charge in [-0.3, -0.25) is 10.9 Å². The van der Waals surface area contributed by atoms with Gasteiger partial charge in [-0.2, -0.15) is 0 Å². The number of hydrogen-bond donors (Lipinski definition) is 3. The lowest BCUT2D eigenvalue weighted by Gasteiger charge is -2.00. The summed E-state index contributed by atoms with van der Waals surface area (Å²) in [6.45, 7) is 3.69. The molecule has 10 heavy (non-hydrogen) atoms. The summed E-state index contributed by atoms with van der Waals surface area (Å²) in [6, 6.07) is 0. The molecule has 1 heterocycles. The number of nitrogens with one attached hydrogen (secondary N) is 3. The highest BCUT2D eigenvalue weighted by molar-refractivity contribution is 4.85. The SMILES string of the molecule is CCNNCc1ncc[nH]1. The number of hydrazine groups is 1. The molecule has 0 amide bonds. The van der Waals surface area contributed by atoms with Crippen molar-refractivity contribution in [2.75, 3.05) is 6.54 Å². The number of nitrogens with zero attached hydrogens (tertiary/aromatic N) is 1. The lowest BCUT2D eigenvalue weighted by atomic mass is 10.6. The predicted octanol–water partition coefficient (Wildman–Crippen LogP) is 0.0238. The van der Waals surface area contributed by atoms with Crippen LogP contribution >= 0.6 is 0 Å². The van der Waals surface area contributed by atoms with Gasteiger partial charge >= 0.3 is 0 Å². The second-order valence-electron chi connectivity index (χ2n) is 1.92. The molecule has 4 heteroatoms. The fraction of sp³-hybridized carbons (Fsp3) is 0.500. The fourth-order valence-electron chi connectivity index (χ4n) is 0.666. The zero-order chi connectivity index (χ0) is 7.23. The summed E-state index contributed by atoms with van der Waals surface area (Å²) in [5, 5.41) is 0. The van der Waals surface area contributed by atoms with Gasteiger partial charge in [0.1, 0.15) is 5.82 Å². The van der Waals surface area contributed by atoms with Gasteiger partial charge in [0, 0.05) is 18.9 Å². The number of imidazole rings is 1.